The first-order chi connectivity index (χ1) is 10.1. The number of hydrogen-bond donors (Lipinski definition) is 1. The van der Waals surface area contributed by atoms with Crippen LogP contribution in [0.5, 0.6) is 0 Å². The predicted octanol–water partition coefficient (Wildman–Crippen LogP) is 2.35. The molecule has 3 aromatic rings. The van der Waals surface area contributed by atoms with Crippen LogP contribution in [-0.2, 0) is 0 Å². The first-order valence-corrected chi connectivity index (χ1v) is 6.90. The van der Waals surface area contributed by atoms with E-state index in [1.54, 1.807) is 12.5 Å². The van der Waals surface area contributed by atoms with Crippen LogP contribution in [0.15, 0.2) is 41.3 Å². The lowest BCUT2D eigenvalue weighted by Gasteiger charge is -2.22. The summed E-state index contributed by atoms with van der Waals surface area (Å²) in [5.74, 6) is 1.76. The Hall–Kier alpha value is -2.34. The largest absolute Gasteiger partial charge is 0.468 e. The van der Waals surface area contributed by atoms with Gasteiger partial charge in [-0.05, 0) is 39.2 Å². The van der Waals surface area contributed by atoms with Crippen LogP contribution in [0.25, 0.3) is 5.52 Å². The van der Waals surface area contributed by atoms with Gasteiger partial charge in [0.15, 0.2) is 5.82 Å². The van der Waals surface area contributed by atoms with Gasteiger partial charge in [0.25, 0.3) is 0 Å². The molecule has 0 aliphatic rings. The van der Waals surface area contributed by atoms with Crippen LogP contribution in [-0.4, -0.2) is 40.1 Å². The highest BCUT2D eigenvalue weighted by molar-refractivity contribution is 5.67. The molecule has 6 heteroatoms. The van der Waals surface area contributed by atoms with Crippen molar-refractivity contribution in [1.82, 2.24) is 19.5 Å². The minimum absolute atomic E-state index is 0.145. The molecule has 3 rings (SSSR count). The zero-order valence-electron chi connectivity index (χ0n) is 12.4. The van der Waals surface area contributed by atoms with Crippen LogP contribution in [0.4, 0.5) is 5.82 Å². The summed E-state index contributed by atoms with van der Waals surface area (Å²) >= 11 is 0. The lowest BCUT2D eigenvalue weighted by molar-refractivity contribution is 0.269. The van der Waals surface area contributed by atoms with E-state index >= 15 is 0 Å². The number of nitrogens with one attached hydrogen (secondary N) is 1. The average molecular weight is 285 g/mol. The second kappa shape index (κ2) is 5.57. The summed E-state index contributed by atoms with van der Waals surface area (Å²) in [6.07, 6.45) is 5.30. The van der Waals surface area contributed by atoms with Crippen molar-refractivity contribution in [1.29, 1.82) is 0 Å². The molecule has 1 unspecified atom stereocenters. The number of fused-ring (bicyclic) bond motifs is 1. The maximum absolute atomic E-state index is 5.52. The molecule has 0 aliphatic carbocycles. The fourth-order valence-electron chi connectivity index (χ4n) is 2.39. The Kier molecular flexibility index (Phi) is 3.62. The quantitative estimate of drug-likeness (QED) is 0.779. The highest BCUT2D eigenvalue weighted by Gasteiger charge is 2.17. The van der Waals surface area contributed by atoms with E-state index < -0.39 is 0 Å². The van der Waals surface area contributed by atoms with E-state index in [1.807, 2.05) is 49.9 Å². The monoisotopic (exact) mass is 285 g/mol. The molecular weight excluding hydrogens is 266 g/mol. The molecule has 0 saturated heterocycles. The Morgan fingerprint density at radius 3 is 3.00 bits per heavy atom. The van der Waals surface area contributed by atoms with Gasteiger partial charge in [0.05, 0.1) is 18.0 Å². The molecule has 0 aromatic carbocycles. The van der Waals surface area contributed by atoms with Crippen LogP contribution in [0.1, 0.15) is 17.5 Å². The number of hydrogen-bond acceptors (Lipinski definition) is 5. The minimum atomic E-state index is 0.145. The van der Waals surface area contributed by atoms with E-state index in [0.29, 0.717) is 6.54 Å². The van der Waals surface area contributed by atoms with Crippen molar-refractivity contribution in [2.45, 2.75) is 13.0 Å². The Bertz CT molecular complexity index is 717. The summed E-state index contributed by atoms with van der Waals surface area (Å²) in [6, 6.07) is 6.06. The molecule has 1 atom stereocenters. The van der Waals surface area contributed by atoms with Crippen molar-refractivity contribution in [3.8, 4) is 0 Å². The van der Waals surface area contributed by atoms with E-state index in [2.05, 4.69) is 20.3 Å². The Balaban J connectivity index is 1.82. The van der Waals surface area contributed by atoms with Gasteiger partial charge in [0.1, 0.15) is 11.3 Å². The minimum Gasteiger partial charge on any atom is -0.468 e. The predicted molar refractivity (Wildman–Crippen MR) is 81.3 cm³/mol. The highest BCUT2D eigenvalue weighted by atomic mass is 16.3. The van der Waals surface area contributed by atoms with Crippen molar-refractivity contribution in [2.75, 3.05) is 26.0 Å². The van der Waals surface area contributed by atoms with E-state index in [-0.39, 0.29) is 6.04 Å². The van der Waals surface area contributed by atoms with E-state index in [1.165, 1.54) is 0 Å². The molecule has 3 heterocycles. The number of nitrogens with zero attached hydrogens (tertiary/aromatic N) is 4. The van der Waals surface area contributed by atoms with E-state index in [0.717, 1.165) is 22.8 Å². The van der Waals surface area contributed by atoms with Crippen LogP contribution < -0.4 is 5.32 Å². The smallest absolute Gasteiger partial charge is 0.152 e. The van der Waals surface area contributed by atoms with Gasteiger partial charge in [0, 0.05) is 18.9 Å². The second-order valence-corrected chi connectivity index (χ2v) is 5.27. The van der Waals surface area contributed by atoms with Gasteiger partial charge in [-0.3, -0.25) is 4.90 Å². The number of aryl methyl sites for hydroxylation is 1. The zero-order valence-corrected chi connectivity index (χ0v) is 12.4. The van der Waals surface area contributed by atoms with Gasteiger partial charge >= 0.3 is 0 Å². The summed E-state index contributed by atoms with van der Waals surface area (Å²) in [6.45, 7) is 2.68. The molecule has 0 fully saturated rings. The topological polar surface area (TPSA) is 58.6 Å². The first-order valence-electron chi connectivity index (χ1n) is 6.90. The summed E-state index contributed by atoms with van der Waals surface area (Å²) in [7, 11) is 4.07. The zero-order chi connectivity index (χ0) is 14.8. The molecule has 3 aromatic heterocycles. The average Bonchev–Trinajstić information content (AvgIpc) is 3.07. The Morgan fingerprint density at radius 2 is 2.29 bits per heavy atom. The van der Waals surface area contributed by atoms with Crippen molar-refractivity contribution in [2.24, 2.45) is 0 Å². The third-order valence-corrected chi connectivity index (χ3v) is 3.47. The van der Waals surface area contributed by atoms with Gasteiger partial charge in [-0.1, -0.05) is 0 Å². The maximum Gasteiger partial charge on any atom is 0.152 e. The van der Waals surface area contributed by atoms with E-state index in [4.69, 9.17) is 4.42 Å². The fraction of sp³-hybridized carbons (Fsp3) is 0.333. The third kappa shape index (κ3) is 2.75. The summed E-state index contributed by atoms with van der Waals surface area (Å²) in [5.41, 5.74) is 1.95. The lowest BCUT2D eigenvalue weighted by atomic mass is 10.2. The summed E-state index contributed by atoms with van der Waals surface area (Å²) < 4.78 is 7.35. The molecule has 21 heavy (non-hydrogen) atoms. The van der Waals surface area contributed by atoms with Gasteiger partial charge in [0.2, 0.25) is 0 Å². The molecule has 0 bridgehead atoms. The normalized spacial score (nSPS) is 13.0. The molecule has 0 radical (unpaired) electrons. The number of furan rings is 1. The van der Waals surface area contributed by atoms with Crippen molar-refractivity contribution < 1.29 is 4.42 Å². The maximum atomic E-state index is 5.52. The Labute approximate surface area is 123 Å². The van der Waals surface area contributed by atoms with Gasteiger partial charge in [-0.15, -0.1) is 0 Å². The van der Waals surface area contributed by atoms with Gasteiger partial charge in [-0.2, -0.15) is 5.10 Å². The fourth-order valence-corrected chi connectivity index (χ4v) is 2.39. The number of aromatic nitrogens is 3. The molecule has 110 valence electrons. The van der Waals surface area contributed by atoms with Crippen molar-refractivity contribution in [3.63, 3.8) is 0 Å². The number of likely N-dealkylation sites (N-methyl/N-ethyl adjacent to an activating group) is 1. The van der Waals surface area contributed by atoms with Crippen molar-refractivity contribution in [3.05, 3.63) is 48.3 Å². The third-order valence-electron chi connectivity index (χ3n) is 3.47. The molecule has 0 aliphatic heterocycles. The molecule has 0 amide bonds. The van der Waals surface area contributed by atoms with Crippen LogP contribution in [0.2, 0.25) is 0 Å². The molecule has 1 N–H and O–H groups in total. The lowest BCUT2D eigenvalue weighted by Crippen LogP contribution is -2.26. The summed E-state index contributed by atoms with van der Waals surface area (Å²) in [5, 5.41) is 7.79. The molecule has 0 spiro atoms. The van der Waals surface area contributed by atoms with Crippen LogP contribution in [0.3, 0.4) is 0 Å². The summed E-state index contributed by atoms with van der Waals surface area (Å²) in [4.78, 5) is 6.53. The highest BCUT2D eigenvalue weighted by Crippen LogP contribution is 2.21. The van der Waals surface area contributed by atoms with Gasteiger partial charge in [-0.25, -0.2) is 9.50 Å². The molecule has 6 nitrogen and oxygen atoms in total. The number of anilines is 1. The number of rotatable bonds is 5. The van der Waals surface area contributed by atoms with Crippen LogP contribution in [0, 0.1) is 6.92 Å². The van der Waals surface area contributed by atoms with Crippen LogP contribution >= 0.6 is 0 Å². The van der Waals surface area contributed by atoms with Crippen molar-refractivity contribution >= 4 is 11.3 Å². The standard InChI is InChI=1S/C15H19N5O/c1-11-9-12-15(16-6-7-20(12)18-11)17-10-13(19(2)3)14-5-4-8-21-14/h4-9,13H,10H2,1-3H3,(H,16,17). The second-order valence-electron chi connectivity index (χ2n) is 5.27. The Morgan fingerprint density at radius 1 is 1.43 bits per heavy atom. The SMILES string of the molecule is Cc1cc2c(NCC(c3ccco3)N(C)C)nccn2n1. The van der Waals surface area contributed by atoms with E-state index in [9.17, 15) is 0 Å². The van der Waals surface area contributed by atoms with Gasteiger partial charge < -0.3 is 9.73 Å². The molecule has 0 saturated carbocycles. The molecular formula is C15H19N5O. The first kappa shape index (κ1) is 13.6.